The van der Waals surface area contributed by atoms with Gasteiger partial charge in [0.1, 0.15) is 12.4 Å². The Labute approximate surface area is 159 Å². The van der Waals surface area contributed by atoms with Crippen molar-refractivity contribution in [2.75, 3.05) is 25.1 Å². The molecule has 0 fully saturated rings. The highest BCUT2D eigenvalue weighted by atomic mass is 32.3. The van der Waals surface area contributed by atoms with Crippen molar-refractivity contribution in [1.29, 1.82) is 0 Å². The zero-order chi connectivity index (χ0) is 19.2. The van der Waals surface area contributed by atoms with E-state index in [1.807, 2.05) is 24.3 Å². The highest BCUT2D eigenvalue weighted by Crippen LogP contribution is 2.54. The summed E-state index contributed by atoms with van der Waals surface area (Å²) in [5, 5.41) is 0. The van der Waals surface area contributed by atoms with Crippen LogP contribution in [-0.2, 0) is 22.2 Å². The van der Waals surface area contributed by atoms with Crippen molar-refractivity contribution in [2.45, 2.75) is 38.7 Å². The maximum absolute atomic E-state index is 6.22. The van der Waals surface area contributed by atoms with Crippen LogP contribution < -0.4 is 10.2 Å². The van der Waals surface area contributed by atoms with E-state index in [4.69, 9.17) is 13.8 Å². The second-order valence-electron chi connectivity index (χ2n) is 7.54. The van der Waals surface area contributed by atoms with Crippen molar-refractivity contribution < 1.29 is 13.8 Å². The van der Waals surface area contributed by atoms with Gasteiger partial charge in [-0.1, -0.05) is 45.0 Å². The van der Waals surface area contributed by atoms with Crippen LogP contribution in [0.25, 0.3) is 0 Å². The molecule has 0 atom stereocenters. The van der Waals surface area contributed by atoms with Crippen LogP contribution in [0.4, 0.5) is 5.69 Å². The van der Waals surface area contributed by atoms with Crippen LogP contribution in [0.3, 0.4) is 0 Å². The summed E-state index contributed by atoms with van der Waals surface area (Å²) in [5.41, 5.74) is 6.00. The van der Waals surface area contributed by atoms with Crippen LogP contribution in [0.2, 0.25) is 0 Å². The second-order valence-corrected chi connectivity index (χ2v) is 11.5. The number of anilines is 1. The molecular weight excluding hydrogens is 346 g/mol. The molecule has 0 amide bonds. The minimum Gasteiger partial charge on any atom is -0.489 e. The van der Waals surface area contributed by atoms with Gasteiger partial charge in [-0.2, -0.15) is 0 Å². The second kappa shape index (κ2) is 8.80. The predicted molar refractivity (Wildman–Crippen MR) is 112 cm³/mol. The fourth-order valence-corrected chi connectivity index (χ4v) is 2.81. The molecule has 0 bridgehead atoms. The molecule has 144 valence electrons. The first kappa shape index (κ1) is 20.6. The van der Waals surface area contributed by atoms with Gasteiger partial charge in [-0.25, -0.2) is 0 Å². The Hall–Kier alpha value is -1.69. The molecule has 0 aliphatic rings. The summed E-state index contributed by atoms with van der Waals surface area (Å²) < 4.78 is 12.2. The standard InChI is InChI=1S/C21H31NO3S/c1-21(2,3)26(5,6)25-16-18-9-7-17(8-10-18)15-24-20-13-11-19(12-14-20)22-23-4/h7-14,22H,15-16H2,1-6H3. The summed E-state index contributed by atoms with van der Waals surface area (Å²) in [4.78, 5) is 4.87. The first-order valence-corrected chi connectivity index (χ1v) is 11.1. The molecule has 0 saturated heterocycles. The maximum Gasteiger partial charge on any atom is 0.119 e. The van der Waals surface area contributed by atoms with Gasteiger partial charge in [0, 0.05) is 4.75 Å². The molecule has 0 spiro atoms. The van der Waals surface area contributed by atoms with Crippen LogP contribution in [0.5, 0.6) is 5.75 Å². The molecule has 0 radical (unpaired) electrons. The average Bonchev–Trinajstić information content (AvgIpc) is 2.60. The maximum atomic E-state index is 6.22. The molecule has 0 unspecified atom stereocenters. The average molecular weight is 378 g/mol. The lowest BCUT2D eigenvalue weighted by Crippen LogP contribution is -2.24. The van der Waals surface area contributed by atoms with Crippen LogP contribution >= 0.6 is 10.3 Å². The van der Waals surface area contributed by atoms with Crippen molar-refractivity contribution in [2.24, 2.45) is 0 Å². The van der Waals surface area contributed by atoms with Crippen LogP contribution in [0, 0.1) is 0 Å². The van der Waals surface area contributed by atoms with Crippen molar-refractivity contribution in [1.82, 2.24) is 0 Å². The third-order valence-corrected chi connectivity index (χ3v) is 8.15. The lowest BCUT2D eigenvalue weighted by Gasteiger charge is -2.43. The first-order valence-electron chi connectivity index (χ1n) is 8.68. The van der Waals surface area contributed by atoms with Crippen LogP contribution in [-0.4, -0.2) is 24.4 Å². The largest absolute Gasteiger partial charge is 0.489 e. The molecule has 2 aromatic carbocycles. The van der Waals surface area contributed by atoms with E-state index in [0.29, 0.717) is 13.2 Å². The Morgan fingerprint density at radius 2 is 1.38 bits per heavy atom. The zero-order valence-electron chi connectivity index (χ0n) is 16.7. The predicted octanol–water partition coefficient (Wildman–Crippen LogP) is 5.53. The Morgan fingerprint density at radius 1 is 0.846 bits per heavy atom. The number of ether oxygens (including phenoxy) is 1. The van der Waals surface area contributed by atoms with Crippen molar-refractivity contribution in [3.8, 4) is 5.75 Å². The molecule has 2 rings (SSSR count). The molecule has 1 N–H and O–H groups in total. The minimum atomic E-state index is -1.10. The van der Waals surface area contributed by atoms with E-state index in [-0.39, 0.29) is 4.75 Å². The van der Waals surface area contributed by atoms with E-state index in [9.17, 15) is 0 Å². The van der Waals surface area contributed by atoms with Gasteiger partial charge in [0.05, 0.1) is 19.4 Å². The summed E-state index contributed by atoms with van der Waals surface area (Å²) >= 11 is 0. The van der Waals surface area contributed by atoms with Gasteiger partial charge in [-0.3, -0.25) is 10.3 Å². The molecule has 0 aromatic heterocycles. The Morgan fingerprint density at radius 3 is 1.88 bits per heavy atom. The molecule has 0 aliphatic carbocycles. The fraction of sp³-hybridized carbons (Fsp3) is 0.429. The van der Waals surface area contributed by atoms with E-state index in [0.717, 1.165) is 17.0 Å². The summed E-state index contributed by atoms with van der Waals surface area (Å²) in [6, 6.07) is 16.1. The molecule has 0 aliphatic heterocycles. The molecule has 2 aromatic rings. The fourth-order valence-electron chi connectivity index (χ4n) is 2.03. The molecule has 26 heavy (non-hydrogen) atoms. The van der Waals surface area contributed by atoms with Gasteiger partial charge in [0.2, 0.25) is 0 Å². The van der Waals surface area contributed by atoms with Crippen molar-refractivity contribution in [3.63, 3.8) is 0 Å². The van der Waals surface area contributed by atoms with E-state index >= 15 is 0 Å². The minimum absolute atomic E-state index is 0.176. The smallest absolute Gasteiger partial charge is 0.119 e. The van der Waals surface area contributed by atoms with Crippen LogP contribution in [0.15, 0.2) is 48.5 Å². The Bertz CT molecular complexity index is 676. The Balaban J connectivity index is 1.85. The monoisotopic (exact) mass is 377 g/mol. The number of hydrogen-bond donors (Lipinski definition) is 1. The van der Waals surface area contributed by atoms with E-state index in [2.05, 4.69) is 63.0 Å². The molecule has 0 saturated carbocycles. The summed E-state index contributed by atoms with van der Waals surface area (Å²) in [6.45, 7) is 7.90. The lowest BCUT2D eigenvalue weighted by molar-refractivity contribution is 0.270. The highest BCUT2D eigenvalue weighted by molar-refractivity contribution is 8.29. The summed E-state index contributed by atoms with van der Waals surface area (Å²) in [7, 11) is 0.489. The third-order valence-electron chi connectivity index (χ3n) is 4.50. The number of hydrogen-bond acceptors (Lipinski definition) is 4. The third kappa shape index (κ3) is 5.94. The highest BCUT2D eigenvalue weighted by Gasteiger charge is 2.28. The van der Waals surface area contributed by atoms with E-state index in [1.54, 1.807) is 7.11 Å². The first-order chi connectivity index (χ1) is 12.2. The Kier molecular flexibility index (Phi) is 6.98. The number of benzene rings is 2. The lowest BCUT2D eigenvalue weighted by atomic mass is 10.1. The summed E-state index contributed by atoms with van der Waals surface area (Å²) in [6.07, 6.45) is 4.45. The molecule has 4 nitrogen and oxygen atoms in total. The normalized spacial score (nSPS) is 12.7. The van der Waals surface area contributed by atoms with Crippen molar-refractivity contribution >= 4 is 16.0 Å². The number of rotatable bonds is 8. The van der Waals surface area contributed by atoms with Gasteiger partial charge in [0.15, 0.2) is 0 Å². The number of nitrogens with one attached hydrogen (secondary N) is 1. The van der Waals surface area contributed by atoms with Gasteiger partial charge >= 0.3 is 0 Å². The summed E-state index contributed by atoms with van der Waals surface area (Å²) in [5.74, 6) is 0.828. The zero-order valence-corrected chi connectivity index (χ0v) is 17.5. The van der Waals surface area contributed by atoms with Gasteiger partial charge < -0.3 is 8.92 Å². The van der Waals surface area contributed by atoms with Crippen molar-refractivity contribution in [3.05, 3.63) is 59.7 Å². The molecular formula is C21H31NO3S. The van der Waals surface area contributed by atoms with E-state index in [1.165, 1.54) is 5.56 Å². The van der Waals surface area contributed by atoms with Gasteiger partial charge in [-0.05, 0) is 47.9 Å². The topological polar surface area (TPSA) is 39.7 Å². The molecule has 5 heteroatoms. The van der Waals surface area contributed by atoms with E-state index < -0.39 is 10.3 Å². The SMILES string of the molecule is CONc1ccc(OCc2ccc(COS(C)(C)C(C)(C)C)cc2)cc1. The molecule has 0 heterocycles. The van der Waals surface area contributed by atoms with Crippen LogP contribution in [0.1, 0.15) is 31.9 Å². The van der Waals surface area contributed by atoms with Gasteiger partial charge in [0.25, 0.3) is 0 Å². The van der Waals surface area contributed by atoms with Gasteiger partial charge in [-0.15, -0.1) is 10.3 Å². The quantitative estimate of drug-likeness (QED) is 0.614.